The molecule has 1 aromatic rings. The second-order valence-electron chi connectivity index (χ2n) is 5.21. The van der Waals surface area contributed by atoms with Crippen LogP contribution in [0, 0.1) is 5.92 Å². The molecule has 0 saturated carbocycles. The van der Waals surface area contributed by atoms with E-state index in [9.17, 15) is 4.79 Å². The standard InChI is InChI=1S/C15H18O3/c1-10-8-13-9-12(2-3-14(13)18-10)15(16)11-4-6-17-7-5-11/h2-3,9-11H,4-8H2,1H3. The van der Waals surface area contributed by atoms with Crippen molar-refractivity contribution in [2.24, 2.45) is 5.92 Å². The predicted molar refractivity (Wildman–Crippen MR) is 68.1 cm³/mol. The quantitative estimate of drug-likeness (QED) is 0.752. The van der Waals surface area contributed by atoms with E-state index in [-0.39, 0.29) is 17.8 Å². The fourth-order valence-electron chi connectivity index (χ4n) is 2.77. The minimum absolute atomic E-state index is 0.136. The lowest BCUT2D eigenvalue weighted by Crippen LogP contribution is -2.23. The molecule has 0 amide bonds. The van der Waals surface area contributed by atoms with E-state index in [0.29, 0.717) is 13.2 Å². The van der Waals surface area contributed by atoms with Gasteiger partial charge in [0, 0.05) is 31.1 Å². The molecule has 1 fully saturated rings. The Bertz CT molecular complexity index is 461. The fourth-order valence-corrected chi connectivity index (χ4v) is 2.77. The van der Waals surface area contributed by atoms with E-state index in [1.54, 1.807) is 0 Å². The zero-order valence-corrected chi connectivity index (χ0v) is 10.6. The second kappa shape index (κ2) is 4.73. The number of benzene rings is 1. The summed E-state index contributed by atoms with van der Waals surface area (Å²) >= 11 is 0. The Kier molecular flexibility index (Phi) is 3.08. The van der Waals surface area contributed by atoms with Gasteiger partial charge in [0.25, 0.3) is 0 Å². The number of ether oxygens (including phenoxy) is 2. The van der Waals surface area contributed by atoms with Crippen molar-refractivity contribution in [1.29, 1.82) is 0 Å². The van der Waals surface area contributed by atoms with Gasteiger partial charge in [0.05, 0.1) is 0 Å². The second-order valence-corrected chi connectivity index (χ2v) is 5.21. The molecule has 1 unspecified atom stereocenters. The first-order chi connectivity index (χ1) is 8.74. The van der Waals surface area contributed by atoms with Gasteiger partial charge in [-0.1, -0.05) is 0 Å². The van der Waals surface area contributed by atoms with Crippen LogP contribution in [0.2, 0.25) is 0 Å². The van der Waals surface area contributed by atoms with Gasteiger partial charge < -0.3 is 9.47 Å². The van der Waals surface area contributed by atoms with Crippen LogP contribution in [0.15, 0.2) is 18.2 Å². The summed E-state index contributed by atoms with van der Waals surface area (Å²) in [5.41, 5.74) is 2.00. The minimum Gasteiger partial charge on any atom is -0.490 e. The van der Waals surface area contributed by atoms with Gasteiger partial charge in [-0.2, -0.15) is 0 Å². The van der Waals surface area contributed by atoms with Crippen molar-refractivity contribution in [2.45, 2.75) is 32.3 Å². The van der Waals surface area contributed by atoms with Gasteiger partial charge in [0.15, 0.2) is 5.78 Å². The predicted octanol–water partition coefficient (Wildman–Crippen LogP) is 2.62. The maximum Gasteiger partial charge on any atom is 0.166 e. The molecule has 3 heteroatoms. The third-order valence-electron chi connectivity index (χ3n) is 3.77. The van der Waals surface area contributed by atoms with Crippen molar-refractivity contribution in [1.82, 2.24) is 0 Å². The van der Waals surface area contributed by atoms with Gasteiger partial charge in [0.1, 0.15) is 11.9 Å². The number of Topliss-reactive ketones (excluding diaryl/α,β-unsaturated/α-hetero) is 1. The Morgan fingerprint density at radius 3 is 2.83 bits per heavy atom. The molecule has 1 saturated heterocycles. The normalized spacial score (nSPS) is 23.5. The summed E-state index contributed by atoms with van der Waals surface area (Å²) in [5.74, 6) is 1.34. The highest BCUT2D eigenvalue weighted by Crippen LogP contribution is 2.31. The van der Waals surface area contributed by atoms with Crippen molar-refractivity contribution in [3.05, 3.63) is 29.3 Å². The molecule has 0 bridgehead atoms. The van der Waals surface area contributed by atoms with Gasteiger partial charge in [-0.15, -0.1) is 0 Å². The van der Waals surface area contributed by atoms with E-state index in [2.05, 4.69) is 6.92 Å². The zero-order chi connectivity index (χ0) is 12.5. The van der Waals surface area contributed by atoms with Gasteiger partial charge in [0.2, 0.25) is 0 Å². The molecule has 96 valence electrons. The molecule has 2 aliphatic heterocycles. The summed E-state index contributed by atoms with van der Waals surface area (Å²) in [6, 6.07) is 5.84. The molecule has 2 heterocycles. The highest BCUT2D eigenvalue weighted by Gasteiger charge is 2.25. The SMILES string of the molecule is CC1Cc2cc(C(=O)C3CCOCC3)ccc2O1. The number of ketones is 1. The Morgan fingerprint density at radius 2 is 2.06 bits per heavy atom. The Balaban J connectivity index is 1.80. The Labute approximate surface area is 107 Å². The average molecular weight is 246 g/mol. The van der Waals surface area contributed by atoms with Gasteiger partial charge in [-0.3, -0.25) is 4.79 Å². The van der Waals surface area contributed by atoms with Gasteiger partial charge >= 0.3 is 0 Å². The third kappa shape index (κ3) is 2.15. The van der Waals surface area contributed by atoms with E-state index in [4.69, 9.17) is 9.47 Å². The van der Waals surface area contributed by atoms with E-state index in [0.717, 1.165) is 30.6 Å². The summed E-state index contributed by atoms with van der Waals surface area (Å²) < 4.78 is 11.0. The van der Waals surface area contributed by atoms with E-state index in [1.807, 2.05) is 18.2 Å². The number of hydrogen-bond acceptors (Lipinski definition) is 3. The highest BCUT2D eigenvalue weighted by molar-refractivity contribution is 5.98. The fraction of sp³-hybridized carbons (Fsp3) is 0.533. The van der Waals surface area contributed by atoms with Crippen LogP contribution in [0.25, 0.3) is 0 Å². The summed E-state index contributed by atoms with van der Waals surface area (Å²) in [4.78, 5) is 12.4. The number of rotatable bonds is 2. The van der Waals surface area contributed by atoms with E-state index >= 15 is 0 Å². The topological polar surface area (TPSA) is 35.5 Å². The molecule has 2 aliphatic rings. The van der Waals surface area contributed by atoms with Crippen molar-refractivity contribution >= 4 is 5.78 Å². The lowest BCUT2D eigenvalue weighted by molar-refractivity contribution is 0.0545. The summed E-state index contributed by atoms with van der Waals surface area (Å²) in [7, 11) is 0. The molecular weight excluding hydrogens is 228 g/mol. The molecule has 18 heavy (non-hydrogen) atoms. The summed E-state index contributed by atoms with van der Waals surface area (Å²) in [6.45, 7) is 3.48. The first kappa shape index (κ1) is 11.7. The molecular formula is C15H18O3. The van der Waals surface area contributed by atoms with Gasteiger partial charge in [-0.05, 0) is 43.5 Å². The lowest BCUT2D eigenvalue weighted by atomic mass is 9.90. The molecule has 0 spiro atoms. The summed E-state index contributed by atoms with van der Waals surface area (Å²) in [6.07, 6.45) is 2.84. The van der Waals surface area contributed by atoms with Crippen molar-refractivity contribution < 1.29 is 14.3 Å². The van der Waals surface area contributed by atoms with Crippen LogP contribution < -0.4 is 4.74 Å². The van der Waals surface area contributed by atoms with Crippen molar-refractivity contribution in [2.75, 3.05) is 13.2 Å². The molecule has 1 atom stereocenters. The maximum absolute atomic E-state index is 12.4. The average Bonchev–Trinajstić information content (AvgIpc) is 2.78. The number of hydrogen-bond donors (Lipinski definition) is 0. The van der Waals surface area contributed by atoms with Gasteiger partial charge in [-0.25, -0.2) is 0 Å². The third-order valence-corrected chi connectivity index (χ3v) is 3.77. The molecule has 3 nitrogen and oxygen atoms in total. The largest absolute Gasteiger partial charge is 0.490 e. The van der Waals surface area contributed by atoms with Crippen molar-refractivity contribution in [3.8, 4) is 5.75 Å². The number of carbonyl (C=O) groups excluding carboxylic acids is 1. The zero-order valence-electron chi connectivity index (χ0n) is 10.6. The number of carbonyl (C=O) groups is 1. The van der Waals surface area contributed by atoms with Crippen LogP contribution in [0.4, 0.5) is 0 Å². The Hall–Kier alpha value is -1.35. The van der Waals surface area contributed by atoms with Crippen LogP contribution in [0.3, 0.4) is 0 Å². The first-order valence-electron chi connectivity index (χ1n) is 6.65. The highest BCUT2D eigenvalue weighted by atomic mass is 16.5. The molecule has 1 aromatic carbocycles. The van der Waals surface area contributed by atoms with E-state index < -0.39 is 0 Å². The van der Waals surface area contributed by atoms with E-state index in [1.165, 1.54) is 5.56 Å². The maximum atomic E-state index is 12.4. The molecule has 3 rings (SSSR count). The molecule has 0 radical (unpaired) electrons. The summed E-state index contributed by atoms with van der Waals surface area (Å²) in [5, 5.41) is 0. The molecule has 0 aromatic heterocycles. The molecule has 0 aliphatic carbocycles. The monoisotopic (exact) mass is 246 g/mol. The smallest absolute Gasteiger partial charge is 0.166 e. The van der Waals surface area contributed by atoms with Crippen LogP contribution >= 0.6 is 0 Å². The Morgan fingerprint density at radius 1 is 1.28 bits per heavy atom. The van der Waals surface area contributed by atoms with Crippen molar-refractivity contribution in [3.63, 3.8) is 0 Å². The van der Waals surface area contributed by atoms with Crippen LogP contribution in [-0.2, 0) is 11.2 Å². The lowest BCUT2D eigenvalue weighted by Gasteiger charge is -2.20. The van der Waals surface area contributed by atoms with Crippen LogP contribution in [-0.4, -0.2) is 25.1 Å². The van der Waals surface area contributed by atoms with Crippen LogP contribution in [0.1, 0.15) is 35.7 Å². The molecule has 0 N–H and O–H groups in total. The minimum atomic E-state index is 0.136. The number of fused-ring (bicyclic) bond motifs is 1. The van der Waals surface area contributed by atoms with Crippen LogP contribution in [0.5, 0.6) is 5.75 Å². The first-order valence-corrected chi connectivity index (χ1v) is 6.65.